The average molecular weight is 206 g/mol. The first kappa shape index (κ1) is 9.21. The molecule has 0 aliphatic rings. The van der Waals surface area contributed by atoms with E-state index < -0.39 is 0 Å². The van der Waals surface area contributed by atoms with E-state index in [1.54, 1.807) is 6.07 Å². The molecule has 0 radical (unpaired) electrons. The van der Waals surface area contributed by atoms with Crippen molar-refractivity contribution >= 4 is 27.7 Å². The van der Waals surface area contributed by atoms with Gasteiger partial charge in [0.1, 0.15) is 5.75 Å². The topological polar surface area (TPSA) is 37.3 Å². The molecule has 14 heavy (non-hydrogen) atoms. The van der Waals surface area contributed by atoms with Crippen LogP contribution in [0.4, 0.5) is 0 Å². The highest BCUT2D eigenvalue weighted by Gasteiger charge is 2.08. The number of benzene rings is 1. The second-order valence-electron chi connectivity index (χ2n) is 3.11. The monoisotopic (exact) mass is 206 g/mol. The maximum atomic E-state index is 10.6. The molecule has 0 bridgehead atoms. The largest absolute Gasteiger partial charge is 0.506 e. The Morgan fingerprint density at radius 1 is 1.50 bits per heavy atom. The van der Waals surface area contributed by atoms with E-state index in [1.807, 2.05) is 19.1 Å². The molecule has 3 heteroatoms. The molecule has 1 N–H and O–H groups in total. The molecule has 0 unspecified atom stereocenters. The Morgan fingerprint density at radius 3 is 2.93 bits per heavy atom. The predicted molar refractivity (Wildman–Crippen MR) is 58.3 cm³/mol. The molecule has 2 nitrogen and oxygen atoms in total. The molecule has 0 saturated heterocycles. The van der Waals surface area contributed by atoms with E-state index in [0.717, 1.165) is 28.4 Å². The van der Waals surface area contributed by atoms with Gasteiger partial charge in [0.2, 0.25) is 0 Å². The van der Waals surface area contributed by atoms with E-state index in [4.69, 9.17) is 0 Å². The number of thiophene rings is 1. The number of rotatable bonds is 2. The van der Waals surface area contributed by atoms with Gasteiger partial charge in [-0.25, -0.2) is 0 Å². The maximum absolute atomic E-state index is 10.6. The van der Waals surface area contributed by atoms with Crippen LogP contribution in [0.5, 0.6) is 5.75 Å². The third-order valence-corrected chi connectivity index (χ3v) is 3.34. The standard InChI is InChI=1S/C11H10O2S/c1-2-7-3-4-8-5-9(6-12)14-11(8)10(7)13/h3-6,13H,2H2,1H3. The second-order valence-corrected chi connectivity index (χ2v) is 4.20. The number of phenolic OH excluding ortho intramolecular Hbond substituents is 1. The minimum Gasteiger partial charge on any atom is -0.506 e. The Kier molecular flexibility index (Phi) is 2.25. The van der Waals surface area contributed by atoms with Gasteiger partial charge in [0.05, 0.1) is 9.58 Å². The summed E-state index contributed by atoms with van der Waals surface area (Å²) in [5.41, 5.74) is 0.928. The summed E-state index contributed by atoms with van der Waals surface area (Å²) in [5, 5.41) is 10.8. The van der Waals surface area contributed by atoms with Crippen molar-refractivity contribution < 1.29 is 9.90 Å². The normalized spacial score (nSPS) is 10.6. The van der Waals surface area contributed by atoms with Gasteiger partial charge in [-0.1, -0.05) is 19.1 Å². The molecule has 0 aliphatic heterocycles. The van der Waals surface area contributed by atoms with Crippen molar-refractivity contribution in [2.24, 2.45) is 0 Å². The average Bonchev–Trinajstić information content (AvgIpc) is 2.62. The number of hydrogen-bond donors (Lipinski definition) is 1. The van der Waals surface area contributed by atoms with Crippen LogP contribution in [-0.2, 0) is 6.42 Å². The molecule has 0 amide bonds. The Balaban J connectivity index is 2.74. The molecule has 0 atom stereocenters. The van der Waals surface area contributed by atoms with E-state index in [0.29, 0.717) is 10.6 Å². The lowest BCUT2D eigenvalue weighted by molar-refractivity contribution is 0.112. The van der Waals surface area contributed by atoms with Crippen molar-refractivity contribution in [3.63, 3.8) is 0 Å². The Labute approximate surface area is 85.8 Å². The number of carbonyl (C=O) groups excluding carboxylic acids is 1. The van der Waals surface area contributed by atoms with Crippen LogP contribution in [0.25, 0.3) is 10.1 Å². The first-order chi connectivity index (χ1) is 6.76. The summed E-state index contributed by atoms with van der Waals surface area (Å²) in [5.74, 6) is 0.322. The van der Waals surface area contributed by atoms with Crippen LogP contribution in [0.2, 0.25) is 0 Å². The van der Waals surface area contributed by atoms with Gasteiger partial charge in [-0.15, -0.1) is 11.3 Å². The van der Waals surface area contributed by atoms with Crippen molar-refractivity contribution in [1.29, 1.82) is 0 Å². The van der Waals surface area contributed by atoms with Crippen molar-refractivity contribution in [3.8, 4) is 5.75 Å². The highest BCUT2D eigenvalue weighted by molar-refractivity contribution is 7.20. The Bertz CT molecular complexity index is 485. The fourth-order valence-corrected chi connectivity index (χ4v) is 2.43. The molecule has 72 valence electrons. The number of aldehydes is 1. The van der Waals surface area contributed by atoms with Crippen LogP contribution in [0, 0.1) is 0 Å². The quantitative estimate of drug-likeness (QED) is 0.767. The van der Waals surface area contributed by atoms with Crippen molar-refractivity contribution in [1.82, 2.24) is 0 Å². The summed E-state index contributed by atoms with van der Waals surface area (Å²) in [6.07, 6.45) is 1.62. The van der Waals surface area contributed by atoms with Gasteiger partial charge in [-0.2, -0.15) is 0 Å². The van der Waals surface area contributed by atoms with Crippen molar-refractivity contribution in [2.45, 2.75) is 13.3 Å². The smallest absolute Gasteiger partial charge is 0.160 e. The van der Waals surface area contributed by atoms with Crippen LogP contribution in [-0.4, -0.2) is 11.4 Å². The molecule has 1 heterocycles. The summed E-state index contributed by atoms with van der Waals surface area (Å²) >= 11 is 1.34. The molecule has 2 rings (SSSR count). The zero-order valence-electron chi connectivity index (χ0n) is 7.78. The van der Waals surface area contributed by atoms with Crippen LogP contribution >= 0.6 is 11.3 Å². The molecule has 0 saturated carbocycles. The van der Waals surface area contributed by atoms with Gasteiger partial charge in [-0.05, 0) is 23.4 Å². The lowest BCUT2D eigenvalue weighted by Crippen LogP contribution is -1.79. The number of aryl methyl sites for hydroxylation is 1. The van der Waals surface area contributed by atoms with E-state index in [-0.39, 0.29) is 0 Å². The van der Waals surface area contributed by atoms with Crippen molar-refractivity contribution in [3.05, 3.63) is 28.6 Å². The van der Waals surface area contributed by atoms with Gasteiger partial charge < -0.3 is 5.11 Å². The SMILES string of the molecule is CCc1ccc2cc(C=O)sc2c1O. The number of fused-ring (bicyclic) bond motifs is 1. The van der Waals surface area contributed by atoms with E-state index in [1.165, 1.54) is 11.3 Å². The minimum absolute atomic E-state index is 0.322. The Hall–Kier alpha value is -1.35. The van der Waals surface area contributed by atoms with Crippen LogP contribution < -0.4 is 0 Å². The summed E-state index contributed by atoms with van der Waals surface area (Å²) in [6.45, 7) is 2.00. The zero-order valence-corrected chi connectivity index (χ0v) is 8.60. The summed E-state index contributed by atoms with van der Waals surface area (Å²) in [7, 11) is 0. The van der Waals surface area contributed by atoms with Crippen LogP contribution in [0.3, 0.4) is 0 Å². The fraction of sp³-hybridized carbons (Fsp3) is 0.182. The van der Waals surface area contributed by atoms with Crippen LogP contribution in [0.15, 0.2) is 18.2 Å². The fourth-order valence-electron chi connectivity index (χ4n) is 1.49. The molecule has 0 spiro atoms. The summed E-state index contributed by atoms with van der Waals surface area (Å²) < 4.78 is 0.812. The van der Waals surface area contributed by atoms with Gasteiger partial charge in [0.15, 0.2) is 6.29 Å². The number of aromatic hydroxyl groups is 1. The van der Waals surface area contributed by atoms with E-state index in [2.05, 4.69) is 0 Å². The number of carbonyl (C=O) groups is 1. The highest BCUT2D eigenvalue weighted by atomic mass is 32.1. The highest BCUT2D eigenvalue weighted by Crippen LogP contribution is 2.35. The molecule has 2 aromatic rings. The third-order valence-electron chi connectivity index (χ3n) is 2.26. The van der Waals surface area contributed by atoms with Gasteiger partial charge >= 0.3 is 0 Å². The molecule has 1 aromatic heterocycles. The van der Waals surface area contributed by atoms with Gasteiger partial charge in [-0.3, -0.25) is 4.79 Å². The van der Waals surface area contributed by atoms with Crippen LogP contribution in [0.1, 0.15) is 22.2 Å². The third kappa shape index (κ3) is 1.30. The summed E-state index contributed by atoms with van der Waals surface area (Å²) in [6, 6.07) is 5.64. The molecule has 0 fully saturated rings. The first-order valence-corrected chi connectivity index (χ1v) is 5.27. The zero-order chi connectivity index (χ0) is 10.1. The number of hydrogen-bond acceptors (Lipinski definition) is 3. The number of phenols is 1. The minimum atomic E-state index is 0.322. The molecule has 1 aromatic carbocycles. The van der Waals surface area contributed by atoms with E-state index >= 15 is 0 Å². The lowest BCUT2D eigenvalue weighted by Gasteiger charge is -2.01. The first-order valence-electron chi connectivity index (χ1n) is 4.45. The van der Waals surface area contributed by atoms with Gasteiger partial charge in [0.25, 0.3) is 0 Å². The maximum Gasteiger partial charge on any atom is 0.160 e. The molecule has 0 aliphatic carbocycles. The lowest BCUT2D eigenvalue weighted by atomic mass is 10.1. The molecular formula is C11H10O2S. The Morgan fingerprint density at radius 2 is 2.29 bits per heavy atom. The predicted octanol–water partition coefficient (Wildman–Crippen LogP) is 2.98. The van der Waals surface area contributed by atoms with Crippen molar-refractivity contribution in [2.75, 3.05) is 0 Å². The van der Waals surface area contributed by atoms with E-state index in [9.17, 15) is 9.90 Å². The van der Waals surface area contributed by atoms with Gasteiger partial charge in [0, 0.05) is 0 Å². The molecular weight excluding hydrogens is 196 g/mol. The second kappa shape index (κ2) is 3.42. The summed E-state index contributed by atoms with van der Waals surface area (Å²) in [4.78, 5) is 11.2.